The first-order valence-electron chi connectivity index (χ1n) is 9.67. The quantitative estimate of drug-likeness (QED) is 0.367. The molecule has 3 rings (SSSR count). The lowest BCUT2D eigenvalue weighted by molar-refractivity contribution is -0.245. The molecule has 1 unspecified atom stereocenters. The zero-order valence-corrected chi connectivity index (χ0v) is 18.2. The summed E-state index contributed by atoms with van der Waals surface area (Å²) < 4.78 is 10.4. The zero-order valence-electron chi connectivity index (χ0n) is 16.7. The van der Waals surface area contributed by atoms with E-state index in [0.717, 1.165) is 6.08 Å². The van der Waals surface area contributed by atoms with Crippen molar-refractivity contribution >= 4 is 41.1 Å². The smallest absolute Gasteiger partial charge is 0.244 e. The third kappa shape index (κ3) is 6.32. The Labute approximate surface area is 193 Å². The molecule has 0 spiro atoms. The number of aliphatic hydroxyl groups is 3. The van der Waals surface area contributed by atoms with Crippen molar-refractivity contribution in [2.24, 2.45) is 0 Å². The normalized spacial score (nSPS) is 25.6. The van der Waals surface area contributed by atoms with Crippen LogP contribution >= 0.6 is 23.2 Å². The second kappa shape index (κ2) is 11.0. The summed E-state index contributed by atoms with van der Waals surface area (Å²) >= 11 is 11.8. The van der Waals surface area contributed by atoms with Gasteiger partial charge in [0.1, 0.15) is 30.1 Å². The van der Waals surface area contributed by atoms with E-state index in [0.29, 0.717) is 21.4 Å². The lowest BCUT2D eigenvalue weighted by atomic mass is 9.96. The minimum atomic E-state index is -1.61. The lowest BCUT2D eigenvalue weighted by Gasteiger charge is -2.40. The number of aliphatic hydroxyl groups excluding tert-OH is 3. The van der Waals surface area contributed by atoms with Gasteiger partial charge in [-0.05, 0) is 35.9 Å². The van der Waals surface area contributed by atoms with Crippen molar-refractivity contribution in [2.75, 3.05) is 6.54 Å². The Bertz CT molecular complexity index is 967. The Morgan fingerprint density at radius 1 is 1.09 bits per heavy atom. The summed E-state index contributed by atoms with van der Waals surface area (Å²) in [5.41, 5.74) is 0.632. The summed E-state index contributed by atoms with van der Waals surface area (Å²) in [6.07, 6.45) is -1.69. The number of benzene rings is 1. The summed E-state index contributed by atoms with van der Waals surface area (Å²) in [6.45, 7) is -0.172. The van der Waals surface area contributed by atoms with Crippen LogP contribution < -0.4 is 10.6 Å². The third-order valence-corrected chi connectivity index (χ3v) is 5.56. The van der Waals surface area contributed by atoms with Crippen LogP contribution in [-0.2, 0) is 20.7 Å². The highest BCUT2D eigenvalue weighted by Crippen LogP contribution is 2.23. The van der Waals surface area contributed by atoms with Crippen LogP contribution in [0.3, 0.4) is 0 Å². The second-order valence-corrected chi connectivity index (χ2v) is 7.97. The van der Waals surface area contributed by atoms with Crippen molar-refractivity contribution in [1.29, 1.82) is 0 Å². The molecule has 5 N–H and O–H groups in total. The molecule has 1 aromatic carbocycles. The average molecular weight is 485 g/mol. The predicted molar refractivity (Wildman–Crippen MR) is 116 cm³/mol. The van der Waals surface area contributed by atoms with Crippen molar-refractivity contribution in [3.8, 4) is 0 Å². The molecule has 1 saturated heterocycles. The summed E-state index contributed by atoms with van der Waals surface area (Å²) in [7, 11) is 0. The van der Waals surface area contributed by atoms with Crippen LogP contribution in [0.5, 0.6) is 0 Å². The Morgan fingerprint density at radius 2 is 1.88 bits per heavy atom. The van der Waals surface area contributed by atoms with Crippen molar-refractivity contribution in [3.05, 3.63) is 64.0 Å². The minimum absolute atomic E-state index is 0.00545. The average Bonchev–Trinajstić information content (AvgIpc) is 3.27. The molecular weight excluding hydrogens is 463 g/mol. The molecule has 0 radical (unpaired) electrons. The molecule has 2 aromatic rings. The number of carbonyl (C=O) groups is 2. The van der Waals surface area contributed by atoms with Crippen molar-refractivity contribution < 1.29 is 34.1 Å². The number of ether oxygens (including phenoxy) is 1. The van der Waals surface area contributed by atoms with Gasteiger partial charge in [-0.25, -0.2) is 0 Å². The van der Waals surface area contributed by atoms with E-state index < -0.39 is 36.6 Å². The summed E-state index contributed by atoms with van der Waals surface area (Å²) in [6, 6.07) is 6.81. The summed E-state index contributed by atoms with van der Waals surface area (Å²) in [4.78, 5) is 24.2. The molecule has 32 heavy (non-hydrogen) atoms. The molecule has 172 valence electrons. The number of amides is 2. The Kier molecular flexibility index (Phi) is 8.30. The van der Waals surface area contributed by atoms with Crippen LogP contribution in [0.4, 0.5) is 0 Å². The van der Waals surface area contributed by atoms with Gasteiger partial charge in [0.05, 0.1) is 22.7 Å². The number of halogens is 2. The number of hydrogen-bond acceptors (Lipinski definition) is 7. The van der Waals surface area contributed by atoms with Crippen molar-refractivity contribution in [3.63, 3.8) is 0 Å². The van der Waals surface area contributed by atoms with E-state index >= 15 is 0 Å². The monoisotopic (exact) mass is 484 g/mol. The Balaban J connectivity index is 1.50. The highest BCUT2D eigenvalue weighted by molar-refractivity contribution is 6.42. The summed E-state index contributed by atoms with van der Waals surface area (Å²) in [5.74, 6) is -0.576. The van der Waals surface area contributed by atoms with Gasteiger partial charge in [-0.3, -0.25) is 9.59 Å². The molecule has 1 aliphatic rings. The zero-order chi connectivity index (χ0) is 23.3. The number of hydrogen-bond donors (Lipinski definition) is 5. The molecule has 0 aliphatic carbocycles. The highest BCUT2D eigenvalue weighted by atomic mass is 35.5. The number of rotatable bonds is 7. The van der Waals surface area contributed by atoms with Gasteiger partial charge >= 0.3 is 0 Å². The van der Waals surface area contributed by atoms with Crippen molar-refractivity contribution in [1.82, 2.24) is 10.6 Å². The molecule has 0 bridgehead atoms. The topological polar surface area (TPSA) is 141 Å². The first-order valence-corrected chi connectivity index (χ1v) is 10.4. The van der Waals surface area contributed by atoms with E-state index in [-0.39, 0.29) is 18.9 Å². The van der Waals surface area contributed by atoms with Crippen LogP contribution in [-0.4, -0.2) is 64.3 Å². The van der Waals surface area contributed by atoms with Gasteiger partial charge in [-0.2, -0.15) is 0 Å². The highest BCUT2D eigenvalue weighted by Gasteiger charge is 2.44. The number of nitrogens with one attached hydrogen (secondary N) is 2. The minimum Gasteiger partial charge on any atom is -0.465 e. The summed E-state index contributed by atoms with van der Waals surface area (Å²) in [5, 5.41) is 36.5. The predicted octanol–water partition coefficient (Wildman–Crippen LogP) is 0.882. The second-order valence-electron chi connectivity index (χ2n) is 7.16. The van der Waals surface area contributed by atoms with E-state index in [2.05, 4.69) is 10.6 Å². The standard InChI is InChI=1S/C21H22Cl2N2O7/c22-13-5-3-11(8-14(13)23)9-17(27)24-10-15-19(28)20(29)18(21(30)32-15)25-16(26)6-4-12-2-1-7-31-12/h1-8,15,18-21,28-30H,9-10H2,(H,24,27)(H,25,26)/b6-4+/t15-,18-,19-,20-,21?/m1/s1. The van der Waals surface area contributed by atoms with Crippen LogP contribution in [0.2, 0.25) is 10.0 Å². The molecule has 2 amide bonds. The fourth-order valence-corrected chi connectivity index (χ4v) is 3.46. The van der Waals surface area contributed by atoms with Crippen LogP contribution in [0.15, 0.2) is 47.1 Å². The molecule has 1 aliphatic heterocycles. The Morgan fingerprint density at radius 3 is 2.56 bits per heavy atom. The molecule has 5 atom stereocenters. The van der Waals surface area contributed by atoms with Gasteiger partial charge in [-0.15, -0.1) is 0 Å². The maximum atomic E-state index is 12.2. The van der Waals surface area contributed by atoms with Gasteiger partial charge in [0.25, 0.3) is 0 Å². The van der Waals surface area contributed by atoms with Crippen LogP contribution in [0, 0.1) is 0 Å². The lowest BCUT2D eigenvalue weighted by Crippen LogP contribution is -2.65. The third-order valence-electron chi connectivity index (χ3n) is 4.82. The van der Waals surface area contributed by atoms with E-state index in [1.807, 2.05) is 0 Å². The molecule has 0 saturated carbocycles. The molecule has 1 fully saturated rings. The van der Waals surface area contributed by atoms with E-state index in [9.17, 15) is 24.9 Å². The van der Waals surface area contributed by atoms with E-state index in [1.165, 1.54) is 12.3 Å². The molecule has 9 nitrogen and oxygen atoms in total. The van der Waals surface area contributed by atoms with Crippen LogP contribution in [0.25, 0.3) is 6.08 Å². The van der Waals surface area contributed by atoms with Crippen molar-refractivity contribution in [2.45, 2.75) is 37.1 Å². The SMILES string of the molecule is O=C(/C=C/c1ccco1)N[C@H]1C(O)O[C@H](CNC(=O)Cc2ccc(Cl)c(Cl)c2)[C@@H](O)[C@@H]1O. The first-order chi connectivity index (χ1) is 15.2. The largest absolute Gasteiger partial charge is 0.465 e. The van der Waals surface area contributed by atoms with Gasteiger partial charge in [-0.1, -0.05) is 29.3 Å². The van der Waals surface area contributed by atoms with Gasteiger partial charge in [0.2, 0.25) is 11.8 Å². The fraction of sp³-hybridized carbons (Fsp3) is 0.333. The van der Waals surface area contributed by atoms with E-state index in [1.54, 1.807) is 30.3 Å². The van der Waals surface area contributed by atoms with Crippen LogP contribution in [0.1, 0.15) is 11.3 Å². The maximum absolute atomic E-state index is 12.2. The first kappa shape index (κ1) is 24.2. The maximum Gasteiger partial charge on any atom is 0.244 e. The van der Waals surface area contributed by atoms with E-state index in [4.69, 9.17) is 32.4 Å². The van der Waals surface area contributed by atoms with Gasteiger partial charge in [0.15, 0.2) is 6.29 Å². The Hall–Kier alpha value is -2.40. The molecule has 2 heterocycles. The van der Waals surface area contributed by atoms with Gasteiger partial charge in [0, 0.05) is 12.6 Å². The molecule has 1 aromatic heterocycles. The molecular formula is C21H22Cl2N2O7. The van der Waals surface area contributed by atoms with Gasteiger partial charge < -0.3 is 35.1 Å². The number of carbonyl (C=O) groups excluding carboxylic acids is 2. The molecule has 11 heteroatoms. The number of furan rings is 1. The fourth-order valence-electron chi connectivity index (χ4n) is 3.14.